The highest BCUT2D eigenvalue weighted by molar-refractivity contribution is 7.89. The van der Waals surface area contributed by atoms with Crippen LogP contribution in [0.2, 0.25) is 0 Å². The number of nitrogens with zero attached hydrogens (tertiary/aromatic N) is 3. The van der Waals surface area contributed by atoms with Crippen molar-refractivity contribution in [2.24, 2.45) is 0 Å². The maximum atomic E-state index is 13.7. The van der Waals surface area contributed by atoms with Gasteiger partial charge in [-0.15, -0.1) is 0 Å². The number of carbonyl (C=O) groups excluding carboxylic acids is 2. The number of carboxylic acid groups (broad SMARTS) is 1. The van der Waals surface area contributed by atoms with Crippen molar-refractivity contribution in [2.75, 3.05) is 39.8 Å². The maximum Gasteiger partial charge on any atom is 0.415 e. The van der Waals surface area contributed by atoms with E-state index in [-0.39, 0.29) is 17.1 Å². The normalized spacial score (nSPS) is 18.9. The SMILES string of the molecule is Cc1ccc(S(=O)(=O)N(C(=O)[C@@H]2CCCN2)[C@@H](Cc2ccc(OC(=O)N3CCN(C)CC3)cc2)C(=O)O)cc1. The van der Waals surface area contributed by atoms with E-state index < -0.39 is 40.1 Å². The number of ether oxygens (including phenoxy) is 1. The number of carboxylic acids is 1. The van der Waals surface area contributed by atoms with Gasteiger partial charge in [-0.1, -0.05) is 29.8 Å². The van der Waals surface area contributed by atoms with Crippen LogP contribution in [0.5, 0.6) is 5.75 Å². The summed E-state index contributed by atoms with van der Waals surface area (Å²) < 4.78 is 33.3. The molecule has 0 bridgehead atoms. The Balaban J connectivity index is 1.56. The highest BCUT2D eigenvalue weighted by atomic mass is 32.2. The second-order valence-corrected chi connectivity index (χ2v) is 11.8. The van der Waals surface area contributed by atoms with Crippen molar-refractivity contribution < 1.29 is 32.6 Å². The van der Waals surface area contributed by atoms with Gasteiger partial charge in [-0.05, 0) is 63.2 Å². The molecule has 0 aromatic heterocycles. The highest BCUT2D eigenvalue weighted by Gasteiger charge is 2.43. The molecule has 0 aliphatic carbocycles. The molecule has 0 unspecified atom stereocenters. The molecule has 2 heterocycles. The van der Waals surface area contributed by atoms with Gasteiger partial charge in [0.1, 0.15) is 11.8 Å². The average molecular weight is 559 g/mol. The van der Waals surface area contributed by atoms with Crippen molar-refractivity contribution in [3.8, 4) is 5.75 Å². The van der Waals surface area contributed by atoms with Gasteiger partial charge in [-0.25, -0.2) is 22.3 Å². The fourth-order valence-corrected chi connectivity index (χ4v) is 6.23. The predicted molar refractivity (Wildman–Crippen MR) is 143 cm³/mol. The van der Waals surface area contributed by atoms with Crippen LogP contribution in [0.3, 0.4) is 0 Å². The number of hydrogen-bond donors (Lipinski definition) is 2. The molecule has 2 atom stereocenters. The highest BCUT2D eigenvalue weighted by Crippen LogP contribution is 2.25. The summed E-state index contributed by atoms with van der Waals surface area (Å²) in [6.07, 6.45) is 0.370. The van der Waals surface area contributed by atoms with Gasteiger partial charge in [-0.2, -0.15) is 0 Å². The largest absolute Gasteiger partial charge is 0.480 e. The molecule has 12 heteroatoms. The Bertz CT molecular complexity index is 1280. The molecule has 0 saturated carbocycles. The molecular formula is C27H34N4O7S. The van der Waals surface area contributed by atoms with Crippen LogP contribution in [0.1, 0.15) is 24.0 Å². The van der Waals surface area contributed by atoms with Crippen molar-refractivity contribution in [1.82, 2.24) is 19.4 Å². The average Bonchev–Trinajstić information content (AvgIpc) is 3.45. The summed E-state index contributed by atoms with van der Waals surface area (Å²) in [6.45, 7) is 4.96. The van der Waals surface area contributed by atoms with Crippen molar-refractivity contribution in [2.45, 2.75) is 43.2 Å². The van der Waals surface area contributed by atoms with E-state index in [1.807, 2.05) is 7.05 Å². The first-order valence-electron chi connectivity index (χ1n) is 12.9. The number of sulfonamides is 1. The fourth-order valence-electron chi connectivity index (χ4n) is 4.65. The molecule has 0 radical (unpaired) electrons. The Morgan fingerprint density at radius 2 is 1.69 bits per heavy atom. The lowest BCUT2D eigenvalue weighted by Gasteiger charge is -2.31. The van der Waals surface area contributed by atoms with Gasteiger partial charge in [0.05, 0.1) is 10.9 Å². The number of likely N-dealkylation sites (N-methyl/N-ethyl adjacent to an activating group) is 1. The smallest absolute Gasteiger partial charge is 0.415 e. The topological polar surface area (TPSA) is 137 Å². The summed E-state index contributed by atoms with van der Waals surface area (Å²) in [5.74, 6) is -1.95. The van der Waals surface area contributed by atoms with Gasteiger partial charge < -0.3 is 25.0 Å². The summed E-state index contributed by atoms with van der Waals surface area (Å²) in [7, 11) is -2.49. The Labute approximate surface area is 228 Å². The Morgan fingerprint density at radius 3 is 2.26 bits per heavy atom. The van der Waals surface area contributed by atoms with E-state index in [0.29, 0.717) is 42.3 Å². The molecule has 2 aromatic rings. The molecule has 2 fully saturated rings. The lowest BCUT2D eigenvalue weighted by atomic mass is 10.0. The van der Waals surface area contributed by atoms with Gasteiger partial charge in [0, 0.05) is 32.6 Å². The fraction of sp³-hybridized carbons (Fsp3) is 0.444. The predicted octanol–water partition coefficient (Wildman–Crippen LogP) is 1.71. The summed E-state index contributed by atoms with van der Waals surface area (Å²) in [5, 5.41) is 13.1. The van der Waals surface area contributed by atoms with E-state index in [0.717, 1.165) is 18.7 Å². The molecule has 2 aliphatic rings. The van der Waals surface area contributed by atoms with Crippen LogP contribution < -0.4 is 10.1 Å². The number of benzene rings is 2. The molecule has 4 rings (SSSR count). The summed E-state index contributed by atoms with van der Waals surface area (Å²) in [6, 6.07) is 9.67. The van der Waals surface area contributed by atoms with E-state index in [1.54, 1.807) is 36.1 Å². The number of aliphatic carboxylic acids is 1. The molecule has 2 aliphatic heterocycles. The number of aryl methyl sites for hydroxylation is 1. The van der Waals surface area contributed by atoms with Crippen LogP contribution in [0, 0.1) is 6.92 Å². The Hall–Kier alpha value is -3.48. The number of piperazine rings is 1. The first-order chi connectivity index (χ1) is 18.6. The first kappa shape index (κ1) is 28.5. The third-order valence-corrected chi connectivity index (χ3v) is 8.86. The van der Waals surface area contributed by atoms with Crippen molar-refractivity contribution in [1.29, 1.82) is 0 Å². The zero-order chi connectivity index (χ0) is 28.2. The minimum absolute atomic E-state index is 0.156. The van der Waals surface area contributed by atoms with Crippen LogP contribution in [0.15, 0.2) is 53.4 Å². The van der Waals surface area contributed by atoms with Crippen LogP contribution in [-0.4, -0.2) is 97.5 Å². The Morgan fingerprint density at radius 1 is 1.05 bits per heavy atom. The van der Waals surface area contributed by atoms with Crippen LogP contribution in [-0.2, 0) is 26.0 Å². The van der Waals surface area contributed by atoms with Crippen molar-refractivity contribution in [3.63, 3.8) is 0 Å². The van der Waals surface area contributed by atoms with Gasteiger partial charge in [0.25, 0.3) is 15.9 Å². The third kappa shape index (κ3) is 6.75. The molecule has 2 amide bonds. The molecule has 210 valence electrons. The first-order valence-corrected chi connectivity index (χ1v) is 14.4. The van der Waals surface area contributed by atoms with E-state index >= 15 is 0 Å². The number of nitrogens with one attached hydrogen (secondary N) is 1. The molecular weight excluding hydrogens is 524 g/mol. The summed E-state index contributed by atoms with van der Waals surface area (Å²) >= 11 is 0. The zero-order valence-corrected chi connectivity index (χ0v) is 22.9. The van der Waals surface area contributed by atoms with Gasteiger partial charge in [0.2, 0.25) is 0 Å². The second kappa shape index (κ2) is 12.1. The number of hydrogen-bond acceptors (Lipinski definition) is 8. The summed E-state index contributed by atoms with van der Waals surface area (Å²) in [5.41, 5.74) is 1.30. The molecule has 11 nitrogen and oxygen atoms in total. The van der Waals surface area contributed by atoms with Gasteiger partial charge in [0.15, 0.2) is 0 Å². The minimum Gasteiger partial charge on any atom is -0.480 e. The maximum absolute atomic E-state index is 13.7. The third-order valence-electron chi connectivity index (χ3n) is 7.04. The molecule has 39 heavy (non-hydrogen) atoms. The van der Waals surface area contributed by atoms with Crippen LogP contribution in [0.4, 0.5) is 4.79 Å². The lowest BCUT2D eigenvalue weighted by molar-refractivity contribution is -0.146. The molecule has 0 spiro atoms. The molecule has 2 N–H and O–H groups in total. The Kier molecular flexibility index (Phi) is 8.88. The zero-order valence-electron chi connectivity index (χ0n) is 22.1. The second-order valence-electron chi connectivity index (χ2n) is 9.96. The van der Waals surface area contributed by atoms with E-state index in [4.69, 9.17) is 4.74 Å². The number of amides is 2. The van der Waals surface area contributed by atoms with E-state index in [9.17, 15) is 27.9 Å². The van der Waals surface area contributed by atoms with Crippen LogP contribution >= 0.6 is 0 Å². The number of carbonyl (C=O) groups is 3. The number of rotatable bonds is 8. The van der Waals surface area contributed by atoms with Crippen molar-refractivity contribution in [3.05, 3.63) is 59.7 Å². The molecule has 2 saturated heterocycles. The van der Waals surface area contributed by atoms with Crippen molar-refractivity contribution >= 4 is 28.0 Å². The summed E-state index contributed by atoms with van der Waals surface area (Å²) in [4.78, 5) is 42.0. The lowest BCUT2D eigenvalue weighted by Crippen LogP contribution is -2.54. The van der Waals surface area contributed by atoms with Gasteiger partial charge in [-0.3, -0.25) is 4.79 Å². The quantitative estimate of drug-likeness (QED) is 0.496. The minimum atomic E-state index is -4.47. The van der Waals surface area contributed by atoms with E-state index in [2.05, 4.69) is 10.2 Å². The molecule has 2 aromatic carbocycles. The van der Waals surface area contributed by atoms with E-state index in [1.165, 1.54) is 24.3 Å². The van der Waals surface area contributed by atoms with Crippen LogP contribution in [0.25, 0.3) is 0 Å². The monoisotopic (exact) mass is 558 g/mol. The van der Waals surface area contributed by atoms with Gasteiger partial charge >= 0.3 is 12.1 Å². The standard InChI is InChI=1S/C27H34N4O7S/c1-19-5-11-22(12-6-19)39(36,37)31(25(32)23-4-3-13-28-23)24(26(33)34)18-20-7-9-21(10-8-20)38-27(35)30-16-14-29(2)15-17-30/h5-12,23-24,28H,3-4,13-18H2,1-2H3,(H,33,34)/t23-,24-/m0/s1.